The van der Waals surface area contributed by atoms with Crippen LogP contribution in [0.2, 0.25) is 0 Å². The minimum absolute atomic E-state index is 0.303. The van der Waals surface area contributed by atoms with Gasteiger partial charge in [-0.05, 0) is 36.6 Å². The number of thioether (sulfide) groups is 1. The summed E-state index contributed by atoms with van der Waals surface area (Å²) in [5.74, 6) is -0.0204. The summed E-state index contributed by atoms with van der Waals surface area (Å²) in [4.78, 5) is 8.54. The second-order valence-corrected chi connectivity index (χ2v) is 5.20. The van der Waals surface area contributed by atoms with Crippen molar-refractivity contribution in [3.63, 3.8) is 0 Å². The maximum Gasteiger partial charge on any atom is 0.187 e. The summed E-state index contributed by atoms with van der Waals surface area (Å²) in [6, 6.07) is 7.63. The lowest BCUT2D eigenvalue weighted by Gasteiger charge is -2.04. The number of halogens is 1. The topological polar surface area (TPSA) is 72.0 Å². The maximum absolute atomic E-state index is 13.1. The maximum atomic E-state index is 13.1. The number of nitrogens with zero attached hydrogens (tertiary/aromatic N) is 3. The van der Waals surface area contributed by atoms with Crippen molar-refractivity contribution < 1.29 is 14.0 Å². The van der Waals surface area contributed by atoms with Gasteiger partial charge in [-0.2, -0.15) is 0 Å². The van der Waals surface area contributed by atoms with Gasteiger partial charge in [0.1, 0.15) is 18.1 Å². The van der Waals surface area contributed by atoms with Crippen LogP contribution in [0.1, 0.15) is 5.76 Å². The minimum atomic E-state index is -0.331. The van der Waals surface area contributed by atoms with Crippen molar-refractivity contribution >= 4 is 11.8 Å². The number of aromatic nitrogens is 3. The molecule has 0 saturated carbocycles. The van der Waals surface area contributed by atoms with Crippen LogP contribution in [-0.4, -0.2) is 26.5 Å². The van der Waals surface area contributed by atoms with Gasteiger partial charge in [0.2, 0.25) is 0 Å². The zero-order valence-electron chi connectivity index (χ0n) is 11.7. The summed E-state index contributed by atoms with van der Waals surface area (Å²) >= 11 is 1.41. The third kappa shape index (κ3) is 2.72. The zero-order chi connectivity index (χ0) is 15.5. The van der Waals surface area contributed by atoms with E-state index in [9.17, 15) is 9.50 Å². The molecule has 0 fully saturated rings. The molecule has 0 unspecified atom stereocenters. The molecular formula is C15H12FN3O2S. The van der Waals surface area contributed by atoms with Gasteiger partial charge >= 0.3 is 0 Å². The molecule has 5 nitrogen and oxygen atoms in total. The van der Waals surface area contributed by atoms with E-state index in [1.807, 2.05) is 6.26 Å². The van der Waals surface area contributed by atoms with E-state index in [2.05, 4.69) is 15.1 Å². The van der Waals surface area contributed by atoms with Crippen LogP contribution in [-0.2, 0) is 6.61 Å². The molecule has 2 heterocycles. The van der Waals surface area contributed by atoms with E-state index in [1.165, 1.54) is 23.9 Å². The molecule has 7 heteroatoms. The Morgan fingerprint density at radius 2 is 2.00 bits per heavy atom. The van der Waals surface area contributed by atoms with Crippen LogP contribution in [0.3, 0.4) is 0 Å². The van der Waals surface area contributed by atoms with E-state index >= 15 is 0 Å². The molecule has 0 saturated heterocycles. The molecule has 2 aromatic heterocycles. The highest BCUT2D eigenvalue weighted by Gasteiger charge is 2.20. The van der Waals surface area contributed by atoms with Gasteiger partial charge in [0, 0.05) is 11.8 Å². The molecule has 112 valence electrons. The molecule has 0 radical (unpaired) electrons. The first-order valence-corrected chi connectivity index (χ1v) is 7.68. The standard InChI is InChI=1S/C15H12FN3O2S/c1-22-15-17-7-6-11(18-15)13-12(8-20)21-19-14(13)9-2-4-10(16)5-3-9/h2-7,20H,8H2,1H3. The Morgan fingerprint density at radius 3 is 2.68 bits per heavy atom. The van der Waals surface area contributed by atoms with Gasteiger partial charge < -0.3 is 9.63 Å². The van der Waals surface area contributed by atoms with Crippen LogP contribution in [0.25, 0.3) is 22.5 Å². The highest BCUT2D eigenvalue weighted by Crippen LogP contribution is 2.34. The second-order valence-electron chi connectivity index (χ2n) is 4.42. The minimum Gasteiger partial charge on any atom is -0.388 e. The second kappa shape index (κ2) is 6.25. The average molecular weight is 317 g/mol. The Bertz CT molecular complexity index is 790. The quantitative estimate of drug-likeness (QED) is 0.589. The Balaban J connectivity index is 2.16. The highest BCUT2D eigenvalue weighted by atomic mass is 32.2. The molecule has 0 aliphatic carbocycles. The van der Waals surface area contributed by atoms with E-state index in [-0.39, 0.29) is 12.4 Å². The van der Waals surface area contributed by atoms with Crippen LogP contribution >= 0.6 is 11.8 Å². The van der Waals surface area contributed by atoms with Crippen molar-refractivity contribution in [3.8, 4) is 22.5 Å². The predicted octanol–water partition coefficient (Wildman–Crippen LogP) is 3.15. The number of hydrogen-bond donors (Lipinski definition) is 1. The number of benzene rings is 1. The summed E-state index contributed by atoms with van der Waals surface area (Å²) in [6.07, 6.45) is 3.51. The molecule has 3 rings (SSSR count). The fourth-order valence-corrected chi connectivity index (χ4v) is 2.44. The Hall–Kier alpha value is -2.25. The van der Waals surface area contributed by atoms with Gasteiger partial charge in [0.15, 0.2) is 10.9 Å². The van der Waals surface area contributed by atoms with Gasteiger partial charge in [-0.15, -0.1) is 0 Å². The number of aliphatic hydroxyl groups is 1. The highest BCUT2D eigenvalue weighted by molar-refractivity contribution is 7.98. The summed E-state index contributed by atoms with van der Waals surface area (Å²) in [5, 5.41) is 14.1. The first kappa shape index (κ1) is 14.7. The van der Waals surface area contributed by atoms with Crippen molar-refractivity contribution in [1.29, 1.82) is 0 Å². The third-order valence-corrected chi connectivity index (χ3v) is 3.66. The molecule has 0 atom stereocenters. The number of rotatable bonds is 4. The third-order valence-electron chi connectivity index (χ3n) is 3.10. The van der Waals surface area contributed by atoms with Crippen molar-refractivity contribution in [2.45, 2.75) is 11.8 Å². The molecule has 3 aromatic rings. The van der Waals surface area contributed by atoms with Crippen LogP contribution in [0.15, 0.2) is 46.2 Å². The smallest absolute Gasteiger partial charge is 0.187 e. The van der Waals surface area contributed by atoms with Gasteiger partial charge in [0.05, 0.1) is 11.3 Å². The van der Waals surface area contributed by atoms with Gasteiger partial charge in [-0.3, -0.25) is 0 Å². The normalized spacial score (nSPS) is 10.9. The first-order valence-electron chi connectivity index (χ1n) is 6.45. The molecule has 0 bridgehead atoms. The van der Waals surface area contributed by atoms with E-state index in [4.69, 9.17) is 4.52 Å². The van der Waals surface area contributed by atoms with E-state index in [0.29, 0.717) is 33.4 Å². The Kier molecular flexibility index (Phi) is 4.17. The van der Waals surface area contributed by atoms with Crippen LogP contribution < -0.4 is 0 Å². The Labute approximate surface area is 130 Å². The first-order chi connectivity index (χ1) is 10.7. The summed E-state index contributed by atoms with van der Waals surface area (Å²) < 4.78 is 18.3. The molecule has 0 aliphatic heterocycles. The van der Waals surface area contributed by atoms with Crippen molar-refractivity contribution in [1.82, 2.24) is 15.1 Å². The molecule has 1 N–H and O–H groups in total. The van der Waals surface area contributed by atoms with Crippen LogP contribution in [0, 0.1) is 5.82 Å². The average Bonchev–Trinajstić information content (AvgIpc) is 2.99. The lowest BCUT2D eigenvalue weighted by atomic mass is 10.0. The van der Waals surface area contributed by atoms with E-state index < -0.39 is 0 Å². The monoisotopic (exact) mass is 317 g/mol. The lowest BCUT2D eigenvalue weighted by Crippen LogP contribution is -1.93. The molecule has 0 spiro atoms. The van der Waals surface area contributed by atoms with E-state index in [1.54, 1.807) is 24.4 Å². The molecular weight excluding hydrogens is 305 g/mol. The van der Waals surface area contributed by atoms with Crippen LogP contribution in [0.4, 0.5) is 4.39 Å². The summed E-state index contributed by atoms with van der Waals surface area (Å²) in [6.45, 7) is -0.303. The molecule has 0 amide bonds. The molecule has 0 aliphatic rings. The van der Waals surface area contributed by atoms with Crippen molar-refractivity contribution in [2.75, 3.05) is 6.26 Å². The number of aliphatic hydroxyl groups excluding tert-OH is 1. The largest absolute Gasteiger partial charge is 0.388 e. The van der Waals surface area contributed by atoms with Gasteiger partial charge in [-0.25, -0.2) is 14.4 Å². The molecule has 22 heavy (non-hydrogen) atoms. The van der Waals surface area contributed by atoms with Gasteiger partial charge in [-0.1, -0.05) is 16.9 Å². The van der Waals surface area contributed by atoms with Gasteiger partial charge in [0.25, 0.3) is 0 Å². The summed E-state index contributed by atoms with van der Waals surface area (Å²) in [5.41, 5.74) is 2.38. The predicted molar refractivity (Wildman–Crippen MR) is 80.6 cm³/mol. The fraction of sp³-hybridized carbons (Fsp3) is 0.133. The van der Waals surface area contributed by atoms with Crippen molar-refractivity contribution in [3.05, 3.63) is 48.1 Å². The van der Waals surface area contributed by atoms with E-state index in [0.717, 1.165) is 0 Å². The van der Waals surface area contributed by atoms with Crippen LogP contribution in [0.5, 0.6) is 0 Å². The SMILES string of the molecule is CSc1nccc(-c2c(-c3ccc(F)cc3)noc2CO)n1. The Morgan fingerprint density at radius 1 is 1.23 bits per heavy atom. The summed E-state index contributed by atoms with van der Waals surface area (Å²) in [7, 11) is 0. The zero-order valence-corrected chi connectivity index (χ0v) is 12.5. The lowest BCUT2D eigenvalue weighted by molar-refractivity contribution is 0.230. The van der Waals surface area contributed by atoms with Crippen molar-refractivity contribution in [2.24, 2.45) is 0 Å². The fourth-order valence-electron chi connectivity index (χ4n) is 2.08. The molecule has 1 aromatic carbocycles. The number of hydrogen-bond acceptors (Lipinski definition) is 6.